The summed E-state index contributed by atoms with van der Waals surface area (Å²) in [6.45, 7) is 1.93. The van der Waals surface area contributed by atoms with Crippen LogP contribution in [-0.2, 0) is 18.4 Å². The second-order valence-electron chi connectivity index (χ2n) is 7.26. The van der Waals surface area contributed by atoms with Crippen LogP contribution in [0.5, 0.6) is 5.75 Å². The maximum atomic E-state index is 13.4. The molecule has 0 aliphatic carbocycles. The van der Waals surface area contributed by atoms with Gasteiger partial charge in [0.05, 0.1) is 17.4 Å². The van der Waals surface area contributed by atoms with Crippen LogP contribution in [0.3, 0.4) is 0 Å². The number of hydrogen-bond donors (Lipinski definition) is 2. The van der Waals surface area contributed by atoms with Crippen LogP contribution in [-0.4, -0.2) is 39.6 Å². The molecule has 4 aromatic rings. The van der Waals surface area contributed by atoms with E-state index >= 15 is 0 Å². The Bertz CT molecular complexity index is 1340. The first-order chi connectivity index (χ1) is 15.4. The van der Waals surface area contributed by atoms with Gasteiger partial charge in [-0.05, 0) is 30.2 Å². The SMILES string of the molecule is COCc1nc2sc(C(=O)N[C@@H](c3cccc(OC)c3)c3nccn3C)c(C)c2c(=O)[nH]1. The van der Waals surface area contributed by atoms with Crippen LogP contribution in [0.4, 0.5) is 0 Å². The average Bonchev–Trinajstić information content (AvgIpc) is 3.35. The van der Waals surface area contributed by atoms with E-state index < -0.39 is 6.04 Å². The number of carbonyl (C=O) groups is 1. The zero-order valence-electron chi connectivity index (χ0n) is 18.1. The largest absolute Gasteiger partial charge is 0.497 e. The maximum Gasteiger partial charge on any atom is 0.262 e. The lowest BCUT2D eigenvalue weighted by molar-refractivity contribution is 0.0944. The summed E-state index contributed by atoms with van der Waals surface area (Å²) in [5.74, 6) is 1.45. The van der Waals surface area contributed by atoms with Crippen molar-refractivity contribution in [3.05, 3.63) is 74.7 Å². The van der Waals surface area contributed by atoms with Gasteiger partial charge in [0.25, 0.3) is 11.5 Å². The molecule has 0 bridgehead atoms. The third-order valence-electron chi connectivity index (χ3n) is 5.16. The number of imidazole rings is 1. The fourth-order valence-electron chi connectivity index (χ4n) is 3.58. The van der Waals surface area contributed by atoms with Crippen LogP contribution in [0.1, 0.15) is 38.5 Å². The molecule has 4 rings (SSSR count). The average molecular weight is 454 g/mol. The molecule has 0 radical (unpaired) electrons. The van der Waals surface area contributed by atoms with E-state index in [4.69, 9.17) is 9.47 Å². The maximum absolute atomic E-state index is 13.4. The van der Waals surface area contributed by atoms with E-state index in [0.29, 0.717) is 38.1 Å². The molecule has 0 aliphatic heterocycles. The molecule has 1 aromatic carbocycles. The van der Waals surface area contributed by atoms with E-state index in [2.05, 4.69) is 20.3 Å². The first-order valence-electron chi connectivity index (χ1n) is 9.86. The number of carbonyl (C=O) groups excluding carboxylic acids is 1. The fourth-order valence-corrected chi connectivity index (χ4v) is 4.68. The van der Waals surface area contributed by atoms with Crippen LogP contribution in [0.2, 0.25) is 0 Å². The van der Waals surface area contributed by atoms with Crippen LogP contribution in [0.15, 0.2) is 41.5 Å². The van der Waals surface area contributed by atoms with Gasteiger partial charge in [0.2, 0.25) is 0 Å². The molecule has 3 aromatic heterocycles. The first-order valence-corrected chi connectivity index (χ1v) is 10.7. The fraction of sp³-hybridized carbons (Fsp3) is 0.273. The van der Waals surface area contributed by atoms with Gasteiger partial charge in [0, 0.05) is 26.6 Å². The lowest BCUT2D eigenvalue weighted by Crippen LogP contribution is -2.31. The summed E-state index contributed by atoms with van der Waals surface area (Å²) in [7, 11) is 4.99. The number of aromatic amines is 1. The van der Waals surface area contributed by atoms with Crippen molar-refractivity contribution in [2.45, 2.75) is 19.6 Å². The standard InChI is InChI=1S/C22H23N5O4S/c1-12-16-20(28)24-15(11-30-3)25-22(16)32-18(12)21(29)26-17(19-23-8-9-27(19)2)13-6-5-7-14(10-13)31-4/h5-10,17H,11H2,1-4H3,(H,26,29)(H,24,25,28)/t17-/m0/s1. The third kappa shape index (κ3) is 4.02. The minimum absolute atomic E-state index is 0.181. The highest BCUT2D eigenvalue weighted by Crippen LogP contribution is 2.29. The van der Waals surface area contributed by atoms with Crippen LogP contribution in [0, 0.1) is 6.92 Å². The summed E-state index contributed by atoms with van der Waals surface area (Å²) < 4.78 is 12.3. The predicted molar refractivity (Wildman–Crippen MR) is 121 cm³/mol. The van der Waals surface area contributed by atoms with Crippen molar-refractivity contribution in [2.24, 2.45) is 7.05 Å². The van der Waals surface area contributed by atoms with Crippen molar-refractivity contribution >= 4 is 27.5 Å². The van der Waals surface area contributed by atoms with Crippen molar-refractivity contribution in [1.82, 2.24) is 24.8 Å². The molecular formula is C22H23N5O4S. The van der Waals surface area contributed by atoms with E-state index in [1.807, 2.05) is 42.1 Å². The number of hydrogen-bond acceptors (Lipinski definition) is 7. The number of rotatable bonds is 7. The number of aryl methyl sites for hydroxylation is 2. The molecule has 0 spiro atoms. The molecule has 2 N–H and O–H groups in total. The van der Waals surface area contributed by atoms with Gasteiger partial charge < -0.3 is 24.3 Å². The van der Waals surface area contributed by atoms with Crippen LogP contribution >= 0.6 is 11.3 Å². The number of fused-ring (bicyclic) bond motifs is 1. The molecule has 1 atom stereocenters. The monoisotopic (exact) mass is 453 g/mol. The van der Waals surface area contributed by atoms with Gasteiger partial charge in [0.1, 0.15) is 34.9 Å². The third-order valence-corrected chi connectivity index (χ3v) is 6.34. The number of nitrogens with one attached hydrogen (secondary N) is 2. The number of amides is 1. The second kappa shape index (κ2) is 8.93. The number of thiophene rings is 1. The second-order valence-corrected chi connectivity index (χ2v) is 8.26. The quantitative estimate of drug-likeness (QED) is 0.445. The summed E-state index contributed by atoms with van der Waals surface area (Å²) in [6.07, 6.45) is 3.50. The van der Waals surface area contributed by atoms with Crippen molar-refractivity contribution in [3.8, 4) is 5.75 Å². The molecule has 0 unspecified atom stereocenters. The molecule has 1 amide bonds. The predicted octanol–water partition coefficient (Wildman–Crippen LogP) is 2.70. The molecule has 3 heterocycles. The molecule has 10 heteroatoms. The molecule has 32 heavy (non-hydrogen) atoms. The molecule has 0 fully saturated rings. The Labute approximate surface area is 188 Å². The molecule has 0 saturated carbocycles. The van der Waals surface area contributed by atoms with E-state index in [9.17, 15) is 9.59 Å². The highest BCUT2D eigenvalue weighted by Gasteiger charge is 2.25. The number of aromatic nitrogens is 4. The van der Waals surface area contributed by atoms with Gasteiger partial charge in [0.15, 0.2) is 0 Å². The zero-order chi connectivity index (χ0) is 22.8. The topological polar surface area (TPSA) is 111 Å². The van der Waals surface area contributed by atoms with Gasteiger partial charge in [-0.2, -0.15) is 0 Å². The Balaban J connectivity index is 1.75. The zero-order valence-corrected chi connectivity index (χ0v) is 18.9. The highest BCUT2D eigenvalue weighted by molar-refractivity contribution is 7.20. The minimum atomic E-state index is -0.516. The lowest BCUT2D eigenvalue weighted by atomic mass is 10.1. The number of H-pyrrole nitrogens is 1. The van der Waals surface area contributed by atoms with Crippen molar-refractivity contribution < 1.29 is 14.3 Å². The van der Waals surface area contributed by atoms with Crippen molar-refractivity contribution in [3.63, 3.8) is 0 Å². The minimum Gasteiger partial charge on any atom is -0.497 e. The van der Waals surface area contributed by atoms with Crippen LogP contribution < -0.4 is 15.6 Å². The van der Waals surface area contributed by atoms with Crippen LogP contribution in [0.25, 0.3) is 10.2 Å². The summed E-state index contributed by atoms with van der Waals surface area (Å²) in [4.78, 5) is 38.4. The van der Waals surface area contributed by atoms with Gasteiger partial charge >= 0.3 is 0 Å². The lowest BCUT2D eigenvalue weighted by Gasteiger charge is -2.19. The normalized spacial score (nSPS) is 12.1. The Hall–Kier alpha value is -3.50. The van der Waals surface area contributed by atoms with Gasteiger partial charge in [-0.3, -0.25) is 9.59 Å². The Morgan fingerprint density at radius 1 is 1.34 bits per heavy atom. The Kier molecular flexibility index (Phi) is 6.06. The molecule has 0 aliphatic rings. The van der Waals surface area contributed by atoms with E-state index in [1.54, 1.807) is 20.2 Å². The molecular weight excluding hydrogens is 430 g/mol. The van der Waals surface area contributed by atoms with Gasteiger partial charge in [-0.15, -0.1) is 11.3 Å². The van der Waals surface area contributed by atoms with Gasteiger partial charge in [-0.25, -0.2) is 9.97 Å². The summed E-state index contributed by atoms with van der Waals surface area (Å²) in [5, 5.41) is 3.49. The number of methoxy groups -OCH3 is 2. The summed E-state index contributed by atoms with van der Waals surface area (Å²) >= 11 is 1.18. The smallest absolute Gasteiger partial charge is 0.262 e. The van der Waals surface area contributed by atoms with Crippen molar-refractivity contribution in [1.29, 1.82) is 0 Å². The van der Waals surface area contributed by atoms with Crippen molar-refractivity contribution in [2.75, 3.05) is 14.2 Å². The number of ether oxygens (including phenoxy) is 2. The Morgan fingerprint density at radius 2 is 2.16 bits per heavy atom. The van der Waals surface area contributed by atoms with Gasteiger partial charge in [-0.1, -0.05) is 12.1 Å². The number of nitrogens with zero attached hydrogens (tertiary/aromatic N) is 3. The molecule has 0 saturated heterocycles. The first kappa shape index (κ1) is 21.7. The Morgan fingerprint density at radius 3 is 2.84 bits per heavy atom. The summed E-state index contributed by atoms with van der Waals surface area (Å²) in [5.41, 5.74) is 1.12. The van der Waals surface area contributed by atoms with E-state index in [0.717, 1.165) is 5.56 Å². The number of benzene rings is 1. The van der Waals surface area contributed by atoms with E-state index in [1.165, 1.54) is 18.4 Å². The molecule has 9 nitrogen and oxygen atoms in total. The summed E-state index contributed by atoms with van der Waals surface area (Å²) in [6, 6.07) is 6.95. The molecule has 166 valence electrons. The van der Waals surface area contributed by atoms with E-state index in [-0.39, 0.29) is 18.1 Å². The highest BCUT2D eigenvalue weighted by atomic mass is 32.1.